The lowest BCUT2D eigenvalue weighted by Crippen LogP contribution is -2.54. The number of anilines is 1. The Morgan fingerprint density at radius 3 is 2.57 bits per heavy atom. The van der Waals surface area contributed by atoms with Crippen LogP contribution in [0.25, 0.3) is 28.0 Å². The molecule has 0 radical (unpaired) electrons. The number of hydrogen-bond acceptors (Lipinski definition) is 9. The largest absolute Gasteiger partial charge is 0.507 e. The van der Waals surface area contributed by atoms with Crippen molar-refractivity contribution in [1.29, 1.82) is 0 Å². The Bertz CT molecular complexity index is 1980. The van der Waals surface area contributed by atoms with E-state index >= 15 is 4.39 Å². The van der Waals surface area contributed by atoms with Gasteiger partial charge >= 0.3 is 5.69 Å². The number of fused-ring (bicyclic) bond motifs is 1. The Kier molecular flexibility index (Phi) is 8.21. The van der Waals surface area contributed by atoms with Gasteiger partial charge in [-0.05, 0) is 43.2 Å². The molecular weight excluding hydrogens is 611 g/mol. The topological polar surface area (TPSA) is 139 Å². The highest BCUT2D eigenvalue weighted by Gasteiger charge is 2.32. The first kappa shape index (κ1) is 31.1. The first-order valence-corrected chi connectivity index (χ1v) is 16.0. The Hall–Kier alpha value is -4.36. The van der Waals surface area contributed by atoms with Crippen molar-refractivity contribution in [3.05, 3.63) is 76.2 Å². The first-order valence-electron chi connectivity index (χ1n) is 13.7. The van der Waals surface area contributed by atoms with E-state index in [0.29, 0.717) is 6.54 Å². The van der Waals surface area contributed by atoms with E-state index in [0.717, 1.165) is 16.9 Å². The second-order valence-corrected chi connectivity index (χ2v) is 13.3. The van der Waals surface area contributed by atoms with E-state index in [1.54, 1.807) is 23.6 Å². The summed E-state index contributed by atoms with van der Waals surface area (Å²) in [7, 11) is -3.91. The summed E-state index contributed by atoms with van der Waals surface area (Å²) >= 11 is 6.37. The Labute approximate surface area is 258 Å². The first-order chi connectivity index (χ1) is 20.7. The number of sulfone groups is 1. The molecule has 4 aromatic rings. The van der Waals surface area contributed by atoms with E-state index in [9.17, 15) is 23.1 Å². The number of nitrogens with zero attached hydrogens (tertiary/aromatic N) is 6. The molecule has 1 amide bonds. The van der Waals surface area contributed by atoms with Crippen LogP contribution in [0.1, 0.15) is 32.4 Å². The minimum absolute atomic E-state index is 0.0108. The van der Waals surface area contributed by atoms with E-state index in [2.05, 4.69) is 21.5 Å². The van der Waals surface area contributed by atoms with Gasteiger partial charge in [0.1, 0.15) is 17.3 Å². The smallest absolute Gasteiger partial charge is 0.355 e. The number of aromatic hydroxyl groups is 1. The third kappa shape index (κ3) is 5.41. The summed E-state index contributed by atoms with van der Waals surface area (Å²) in [6, 6.07) is 6.34. The predicted octanol–water partition coefficient (Wildman–Crippen LogP) is 4.09. The molecule has 0 unspecified atom stereocenters. The molecule has 1 fully saturated rings. The van der Waals surface area contributed by atoms with Crippen LogP contribution in [0.5, 0.6) is 5.75 Å². The number of pyridine rings is 2. The van der Waals surface area contributed by atoms with Crippen molar-refractivity contribution >= 4 is 44.2 Å². The molecule has 4 heterocycles. The van der Waals surface area contributed by atoms with Crippen LogP contribution in [-0.2, 0) is 14.6 Å². The molecule has 11 nitrogen and oxygen atoms in total. The molecular formula is C30H30ClFN6O5S. The molecule has 14 heteroatoms. The van der Waals surface area contributed by atoms with Gasteiger partial charge in [-0.15, -0.1) is 0 Å². The molecule has 1 aliphatic rings. The van der Waals surface area contributed by atoms with Crippen molar-refractivity contribution in [2.45, 2.75) is 37.6 Å². The number of carbonyl (C=O) groups excluding carboxylic acids is 1. The van der Waals surface area contributed by atoms with Crippen LogP contribution < -0.4 is 10.6 Å². The predicted molar refractivity (Wildman–Crippen MR) is 166 cm³/mol. The van der Waals surface area contributed by atoms with E-state index < -0.39 is 21.3 Å². The van der Waals surface area contributed by atoms with E-state index in [1.807, 2.05) is 6.92 Å². The lowest BCUT2D eigenvalue weighted by molar-refractivity contribution is -0.126. The average Bonchev–Trinajstić information content (AvgIpc) is 2.96. The highest BCUT2D eigenvalue weighted by Crippen LogP contribution is 2.39. The number of carbonyl (C=O) groups is 1. The number of piperazine rings is 1. The Balaban J connectivity index is 1.90. The standard InChI is InChI=1S/C30H30ClFN6O5S/c1-6-23(40)36-12-13-37(17(4)15-36)28-18-14-20(32)26(24-19(31)8-7-9-21(24)39)34-29(18)38(30(41)35-28)27-22(44(5,42)43)10-11-33-25(27)16(2)3/h6-11,14,16-17,39H,1,12-13,15H2,2-5H3/t17-/m0/s1. The monoisotopic (exact) mass is 640 g/mol. The molecule has 3 aromatic heterocycles. The maximum Gasteiger partial charge on any atom is 0.355 e. The molecule has 0 saturated carbocycles. The number of amides is 1. The highest BCUT2D eigenvalue weighted by molar-refractivity contribution is 7.90. The average molecular weight is 641 g/mol. The maximum atomic E-state index is 16.0. The molecule has 0 bridgehead atoms. The van der Waals surface area contributed by atoms with Crippen molar-refractivity contribution in [1.82, 2.24) is 24.4 Å². The van der Waals surface area contributed by atoms with Gasteiger partial charge in [0, 0.05) is 38.1 Å². The normalized spacial score (nSPS) is 15.7. The second-order valence-electron chi connectivity index (χ2n) is 10.9. The van der Waals surface area contributed by atoms with Crippen molar-refractivity contribution in [3.8, 4) is 22.7 Å². The summed E-state index contributed by atoms with van der Waals surface area (Å²) in [5, 5.41) is 10.7. The fourth-order valence-corrected chi connectivity index (χ4v) is 6.56. The summed E-state index contributed by atoms with van der Waals surface area (Å²) in [6.07, 6.45) is 3.58. The number of halogens is 2. The van der Waals surface area contributed by atoms with Crippen LogP contribution in [0, 0.1) is 5.82 Å². The number of rotatable bonds is 6. The number of phenols is 1. The Morgan fingerprint density at radius 2 is 1.95 bits per heavy atom. The van der Waals surface area contributed by atoms with Crippen molar-refractivity contribution in [2.24, 2.45) is 0 Å². The van der Waals surface area contributed by atoms with Crippen LogP contribution in [0.4, 0.5) is 10.2 Å². The summed E-state index contributed by atoms with van der Waals surface area (Å²) in [4.78, 5) is 42.8. The lowest BCUT2D eigenvalue weighted by Gasteiger charge is -2.40. The quantitative estimate of drug-likeness (QED) is 0.309. The summed E-state index contributed by atoms with van der Waals surface area (Å²) in [6.45, 7) is 9.80. The van der Waals surface area contributed by atoms with Gasteiger partial charge in [-0.3, -0.25) is 9.78 Å². The molecule has 1 aromatic carbocycles. The second kappa shape index (κ2) is 11.6. The van der Waals surface area contributed by atoms with Gasteiger partial charge < -0.3 is 14.9 Å². The van der Waals surface area contributed by atoms with Gasteiger partial charge in [-0.1, -0.05) is 38.1 Å². The molecule has 0 spiro atoms. The summed E-state index contributed by atoms with van der Waals surface area (Å²) in [5.41, 5.74) is -1.22. The van der Waals surface area contributed by atoms with Gasteiger partial charge in [-0.2, -0.15) is 4.98 Å². The molecule has 1 N–H and O–H groups in total. The van der Waals surface area contributed by atoms with E-state index in [1.165, 1.54) is 36.5 Å². The van der Waals surface area contributed by atoms with Gasteiger partial charge in [-0.25, -0.2) is 27.2 Å². The lowest BCUT2D eigenvalue weighted by atomic mass is 10.1. The van der Waals surface area contributed by atoms with Gasteiger partial charge in [0.25, 0.3) is 0 Å². The zero-order valence-electron chi connectivity index (χ0n) is 24.5. The van der Waals surface area contributed by atoms with E-state index in [-0.39, 0.29) is 86.1 Å². The van der Waals surface area contributed by atoms with Gasteiger partial charge in [0.2, 0.25) is 5.91 Å². The number of phenolic OH excluding ortho intramolecular Hbond substituents is 1. The van der Waals surface area contributed by atoms with Gasteiger partial charge in [0.15, 0.2) is 21.3 Å². The van der Waals surface area contributed by atoms with Crippen molar-refractivity contribution in [2.75, 3.05) is 30.8 Å². The summed E-state index contributed by atoms with van der Waals surface area (Å²) in [5.74, 6) is -1.68. The number of aromatic nitrogens is 4. The molecule has 1 saturated heterocycles. The van der Waals surface area contributed by atoms with Crippen LogP contribution in [0.3, 0.4) is 0 Å². The minimum atomic E-state index is -3.91. The van der Waals surface area contributed by atoms with Crippen LogP contribution in [-0.4, -0.2) is 75.8 Å². The molecule has 5 rings (SSSR count). The van der Waals surface area contributed by atoms with Crippen molar-refractivity contribution < 1.29 is 22.7 Å². The molecule has 1 atom stereocenters. The Morgan fingerprint density at radius 1 is 1.23 bits per heavy atom. The van der Waals surface area contributed by atoms with Crippen LogP contribution in [0.15, 0.2) is 58.9 Å². The minimum Gasteiger partial charge on any atom is -0.507 e. The summed E-state index contributed by atoms with van der Waals surface area (Å²) < 4.78 is 43.0. The van der Waals surface area contributed by atoms with Crippen LogP contribution >= 0.6 is 11.6 Å². The number of hydrogen-bond donors (Lipinski definition) is 1. The van der Waals surface area contributed by atoms with Crippen LogP contribution in [0.2, 0.25) is 5.02 Å². The fourth-order valence-electron chi connectivity index (χ4n) is 5.45. The zero-order valence-corrected chi connectivity index (χ0v) is 26.0. The zero-order chi connectivity index (χ0) is 32.1. The maximum absolute atomic E-state index is 16.0. The third-order valence-corrected chi connectivity index (χ3v) is 8.94. The van der Waals surface area contributed by atoms with E-state index in [4.69, 9.17) is 11.6 Å². The highest BCUT2D eigenvalue weighted by atomic mass is 35.5. The molecule has 0 aliphatic carbocycles. The van der Waals surface area contributed by atoms with Gasteiger partial charge in [0.05, 0.1) is 32.2 Å². The molecule has 230 valence electrons. The fraction of sp³-hybridized carbons (Fsp3) is 0.300. The molecule has 1 aliphatic heterocycles. The third-order valence-electron chi connectivity index (χ3n) is 7.50. The SMILES string of the molecule is C=CC(=O)N1CCN(c2nc(=O)n(-c3c(S(C)(=O)=O)ccnc3C(C)C)c3nc(-c4c(O)cccc4Cl)c(F)cc23)[C@@H](C)C1. The number of benzene rings is 1. The van der Waals surface area contributed by atoms with Crippen molar-refractivity contribution in [3.63, 3.8) is 0 Å². The molecule has 44 heavy (non-hydrogen) atoms.